The highest BCUT2D eigenvalue weighted by Gasteiger charge is 2.29. The molecule has 0 radical (unpaired) electrons. The summed E-state index contributed by atoms with van der Waals surface area (Å²) >= 11 is 0. The molecule has 6 rings (SSSR count). The Bertz CT molecular complexity index is 1510. The van der Waals surface area contributed by atoms with Gasteiger partial charge in [0.05, 0.1) is 11.0 Å². The quantitative estimate of drug-likeness (QED) is 0.194. The van der Waals surface area contributed by atoms with E-state index in [9.17, 15) is 9.59 Å². The van der Waals surface area contributed by atoms with Gasteiger partial charge in [-0.3, -0.25) is 14.0 Å². The molecule has 1 saturated heterocycles. The van der Waals surface area contributed by atoms with Crippen LogP contribution >= 0.6 is 0 Å². The summed E-state index contributed by atoms with van der Waals surface area (Å²) in [6.07, 6.45) is 7.50. The van der Waals surface area contributed by atoms with E-state index in [1.807, 2.05) is 38.3 Å². The van der Waals surface area contributed by atoms with Gasteiger partial charge in [0.15, 0.2) is 0 Å². The number of amides is 1. The number of ether oxygens (including phenoxy) is 1. The van der Waals surface area contributed by atoms with Crippen molar-refractivity contribution in [2.45, 2.75) is 83.6 Å². The Kier molecular flexibility index (Phi) is 9.81. The average Bonchev–Trinajstić information content (AvgIpc) is 3.35. The standard InChI is InChI=1S/C37H46N4O3/c1-29(39(25-30-13-5-2-6-14-30)26-31-15-7-3-8-16-31)28-44-37(43)38-23-21-33(22-24-38)41-35-20-12-11-19-34(35)40(36(41)42)27-32-17-9-4-10-18-32/h2-3,5-8,11-16,19-20,29,32-33H,4,9-10,17-18,21-28H2,1H3/t29-/m0/s1. The molecule has 1 atom stereocenters. The van der Waals surface area contributed by atoms with Crippen molar-refractivity contribution >= 4 is 17.1 Å². The van der Waals surface area contributed by atoms with E-state index in [0.717, 1.165) is 43.5 Å². The van der Waals surface area contributed by atoms with Gasteiger partial charge in [0.2, 0.25) is 0 Å². The fourth-order valence-electron chi connectivity index (χ4n) is 7.09. The van der Waals surface area contributed by atoms with Crippen molar-refractivity contribution in [3.63, 3.8) is 0 Å². The Morgan fingerprint density at radius 1 is 0.795 bits per heavy atom. The summed E-state index contributed by atoms with van der Waals surface area (Å²) in [7, 11) is 0. The number of hydrogen-bond acceptors (Lipinski definition) is 4. The molecule has 1 saturated carbocycles. The zero-order valence-electron chi connectivity index (χ0n) is 26.0. The van der Waals surface area contributed by atoms with Gasteiger partial charge in [-0.1, -0.05) is 92.1 Å². The molecule has 0 spiro atoms. The van der Waals surface area contributed by atoms with E-state index >= 15 is 0 Å². The van der Waals surface area contributed by atoms with E-state index in [2.05, 4.69) is 72.5 Å². The van der Waals surface area contributed by atoms with Crippen molar-refractivity contribution in [1.29, 1.82) is 0 Å². The van der Waals surface area contributed by atoms with Gasteiger partial charge in [-0.15, -0.1) is 0 Å². The third-order valence-corrected chi connectivity index (χ3v) is 9.65. The first kappa shape index (κ1) is 30.2. The maximum absolute atomic E-state index is 13.8. The van der Waals surface area contributed by atoms with E-state index in [0.29, 0.717) is 25.6 Å². The number of likely N-dealkylation sites (tertiary alicyclic amines) is 1. The molecule has 1 aromatic heterocycles. The summed E-state index contributed by atoms with van der Waals surface area (Å²) in [5, 5.41) is 0. The Labute approximate surface area is 261 Å². The molecule has 0 unspecified atom stereocenters. The minimum atomic E-state index is -0.262. The van der Waals surface area contributed by atoms with E-state index in [1.54, 1.807) is 0 Å². The maximum Gasteiger partial charge on any atom is 0.409 e. The van der Waals surface area contributed by atoms with Crippen LogP contribution in [0.25, 0.3) is 11.0 Å². The summed E-state index contributed by atoms with van der Waals surface area (Å²) in [5.41, 5.74) is 4.62. The average molecular weight is 595 g/mol. The van der Waals surface area contributed by atoms with Crippen LogP contribution in [0.15, 0.2) is 89.7 Å². The second kappa shape index (κ2) is 14.3. The summed E-state index contributed by atoms with van der Waals surface area (Å²) in [6, 6.07) is 29.2. The Balaban J connectivity index is 1.07. The molecule has 3 aromatic carbocycles. The highest BCUT2D eigenvalue weighted by atomic mass is 16.6. The Morgan fingerprint density at radius 2 is 1.36 bits per heavy atom. The predicted octanol–water partition coefficient (Wildman–Crippen LogP) is 7.25. The number of piperidine rings is 1. The largest absolute Gasteiger partial charge is 0.448 e. The topological polar surface area (TPSA) is 59.7 Å². The van der Waals surface area contributed by atoms with Crippen molar-refractivity contribution < 1.29 is 9.53 Å². The second-order valence-electron chi connectivity index (χ2n) is 12.8. The number of rotatable bonds is 10. The molecule has 44 heavy (non-hydrogen) atoms. The third kappa shape index (κ3) is 7.10. The molecule has 7 heteroatoms. The maximum atomic E-state index is 13.8. The van der Waals surface area contributed by atoms with Gasteiger partial charge >= 0.3 is 11.8 Å². The number of carbonyl (C=O) groups is 1. The van der Waals surface area contributed by atoms with Crippen molar-refractivity contribution in [2.75, 3.05) is 19.7 Å². The lowest BCUT2D eigenvalue weighted by molar-refractivity contribution is 0.0567. The van der Waals surface area contributed by atoms with Crippen molar-refractivity contribution in [2.24, 2.45) is 5.92 Å². The van der Waals surface area contributed by atoms with Crippen molar-refractivity contribution in [3.05, 3.63) is 107 Å². The normalized spacial score (nSPS) is 17.3. The van der Waals surface area contributed by atoms with E-state index in [4.69, 9.17) is 4.74 Å². The van der Waals surface area contributed by atoms with Crippen LogP contribution in [0, 0.1) is 5.92 Å². The molecule has 232 valence electrons. The minimum absolute atomic E-state index is 0.0470. The van der Waals surface area contributed by atoms with Gasteiger partial charge in [-0.05, 0) is 61.8 Å². The van der Waals surface area contributed by atoms with Crippen LogP contribution in [-0.4, -0.2) is 50.8 Å². The number of aromatic nitrogens is 2. The molecule has 1 aliphatic heterocycles. The summed E-state index contributed by atoms with van der Waals surface area (Å²) in [6.45, 7) is 6.00. The monoisotopic (exact) mass is 594 g/mol. The van der Waals surface area contributed by atoms with E-state index in [1.165, 1.54) is 43.2 Å². The number of imidazole rings is 1. The fourth-order valence-corrected chi connectivity index (χ4v) is 7.09. The highest BCUT2D eigenvalue weighted by molar-refractivity contribution is 5.76. The zero-order chi connectivity index (χ0) is 30.3. The first-order valence-electron chi connectivity index (χ1n) is 16.5. The molecule has 7 nitrogen and oxygen atoms in total. The lowest BCUT2D eigenvalue weighted by Crippen LogP contribution is -2.43. The number of nitrogens with zero attached hydrogens (tertiary/aromatic N) is 4. The zero-order valence-corrected chi connectivity index (χ0v) is 26.0. The Hall–Kier alpha value is -3.84. The van der Waals surface area contributed by atoms with Crippen LogP contribution in [0.5, 0.6) is 0 Å². The van der Waals surface area contributed by atoms with Crippen LogP contribution in [0.2, 0.25) is 0 Å². The number of para-hydroxylation sites is 2. The lowest BCUT2D eigenvalue weighted by atomic mass is 9.89. The first-order chi connectivity index (χ1) is 21.6. The second-order valence-corrected chi connectivity index (χ2v) is 12.8. The number of fused-ring (bicyclic) bond motifs is 1. The highest BCUT2D eigenvalue weighted by Crippen LogP contribution is 2.29. The molecular formula is C37H46N4O3. The summed E-state index contributed by atoms with van der Waals surface area (Å²) in [5.74, 6) is 0.580. The molecule has 2 aliphatic rings. The predicted molar refractivity (Wildman–Crippen MR) is 176 cm³/mol. The van der Waals surface area contributed by atoms with Crippen LogP contribution in [-0.2, 0) is 24.4 Å². The summed E-state index contributed by atoms with van der Waals surface area (Å²) < 4.78 is 9.92. The molecule has 1 aliphatic carbocycles. The molecule has 1 amide bonds. The van der Waals surface area contributed by atoms with Gasteiger partial charge in [-0.2, -0.15) is 0 Å². The van der Waals surface area contributed by atoms with Crippen LogP contribution < -0.4 is 5.69 Å². The minimum Gasteiger partial charge on any atom is -0.448 e. The molecule has 4 aromatic rings. The van der Waals surface area contributed by atoms with Crippen molar-refractivity contribution in [3.8, 4) is 0 Å². The van der Waals surface area contributed by atoms with E-state index < -0.39 is 0 Å². The third-order valence-electron chi connectivity index (χ3n) is 9.65. The van der Waals surface area contributed by atoms with Crippen molar-refractivity contribution in [1.82, 2.24) is 18.9 Å². The lowest BCUT2D eigenvalue weighted by Gasteiger charge is -2.33. The smallest absolute Gasteiger partial charge is 0.409 e. The SMILES string of the molecule is C[C@@H](COC(=O)N1CCC(n2c(=O)n(CC3CCCCC3)c3ccccc32)CC1)N(Cc1ccccc1)Cc1ccccc1. The van der Waals surface area contributed by atoms with Gasteiger partial charge in [-0.25, -0.2) is 9.59 Å². The van der Waals surface area contributed by atoms with Gasteiger partial charge in [0, 0.05) is 44.8 Å². The Morgan fingerprint density at radius 3 is 1.98 bits per heavy atom. The molecule has 0 bridgehead atoms. The van der Waals surface area contributed by atoms with E-state index in [-0.39, 0.29) is 23.9 Å². The molecular weight excluding hydrogens is 548 g/mol. The molecule has 2 heterocycles. The summed E-state index contributed by atoms with van der Waals surface area (Å²) in [4.78, 5) is 31.2. The number of carbonyl (C=O) groups excluding carboxylic acids is 1. The first-order valence-corrected chi connectivity index (χ1v) is 16.5. The van der Waals surface area contributed by atoms with Gasteiger partial charge < -0.3 is 9.64 Å². The van der Waals surface area contributed by atoms with Crippen LogP contribution in [0.3, 0.4) is 0 Å². The molecule has 0 N–H and O–H groups in total. The van der Waals surface area contributed by atoms with Gasteiger partial charge in [0.1, 0.15) is 6.61 Å². The number of benzene rings is 3. The number of hydrogen-bond donors (Lipinski definition) is 0. The molecule has 2 fully saturated rings. The van der Waals surface area contributed by atoms with Crippen LogP contribution in [0.4, 0.5) is 4.79 Å². The van der Waals surface area contributed by atoms with Crippen LogP contribution in [0.1, 0.15) is 69.0 Å². The van der Waals surface area contributed by atoms with Gasteiger partial charge in [0.25, 0.3) is 0 Å². The fraction of sp³-hybridized carbons (Fsp3) is 0.459.